The number of fused-ring (bicyclic) bond motifs is 2. The molecule has 140 valence electrons. The van der Waals surface area contributed by atoms with Crippen LogP contribution in [-0.4, -0.2) is 47.2 Å². The molecule has 28 heavy (non-hydrogen) atoms. The van der Waals surface area contributed by atoms with Crippen molar-refractivity contribution in [2.45, 2.75) is 20.0 Å². The summed E-state index contributed by atoms with van der Waals surface area (Å²) in [6.07, 6.45) is 7.15. The van der Waals surface area contributed by atoms with Crippen molar-refractivity contribution in [1.82, 2.24) is 34.6 Å². The van der Waals surface area contributed by atoms with Gasteiger partial charge in [0.15, 0.2) is 5.01 Å². The van der Waals surface area contributed by atoms with E-state index < -0.39 is 0 Å². The minimum absolute atomic E-state index is 0.185. The molecule has 0 fully saturated rings. The first-order valence-electron chi connectivity index (χ1n) is 8.78. The second-order valence-corrected chi connectivity index (χ2v) is 7.68. The third-order valence-electron chi connectivity index (χ3n) is 4.62. The quantitative estimate of drug-likeness (QED) is 0.563. The lowest BCUT2D eigenvalue weighted by Gasteiger charge is -2.27. The molecule has 0 spiro atoms. The second-order valence-electron chi connectivity index (χ2n) is 6.50. The molecule has 1 aliphatic heterocycles. The molecule has 5 rings (SSSR count). The molecular weight excluding hydrogens is 376 g/mol. The van der Waals surface area contributed by atoms with Crippen LogP contribution in [-0.2, 0) is 13.1 Å². The van der Waals surface area contributed by atoms with Gasteiger partial charge in [-0.05, 0) is 24.4 Å². The number of rotatable bonds is 2. The summed E-state index contributed by atoms with van der Waals surface area (Å²) in [6.45, 7) is 3.76. The summed E-state index contributed by atoms with van der Waals surface area (Å²) >= 11 is 1.49. The van der Waals surface area contributed by atoms with Crippen LogP contribution in [0, 0.1) is 6.92 Å². The van der Waals surface area contributed by atoms with Gasteiger partial charge >= 0.3 is 6.03 Å². The lowest BCUT2D eigenvalue weighted by Crippen LogP contribution is -2.40. The van der Waals surface area contributed by atoms with Crippen LogP contribution in [0.1, 0.15) is 10.8 Å². The fourth-order valence-electron chi connectivity index (χ4n) is 3.16. The lowest BCUT2D eigenvalue weighted by molar-refractivity contribution is 0.195. The van der Waals surface area contributed by atoms with Crippen LogP contribution in [0.4, 0.5) is 10.6 Å². The predicted octanol–water partition coefficient (Wildman–Crippen LogP) is 2.70. The highest BCUT2D eigenvalue weighted by molar-refractivity contribution is 7.14. The number of urea groups is 1. The molecule has 1 N–H and O–H groups in total. The number of nitrogens with one attached hydrogen (secondary N) is 1. The number of pyridine rings is 2. The van der Waals surface area contributed by atoms with E-state index in [1.807, 2.05) is 25.3 Å². The molecule has 9 nitrogen and oxygen atoms in total. The molecule has 0 saturated carbocycles. The molecule has 0 bridgehead atoms. The van der Waals surface area contributed by atoms with Crippen LogP contribution in [0.25, 0.3) is 21.5 Å². The molecule has 0 aliphatic carbocycles. The van der Waals surface area contributed by atoms with Crippen molar-refractivity contribution in [2.75, 3.05) is 11.9 Å². The average Bonchev–Trinajstić information content (AvgIpc) is 3.35. The maximum Gasteiger partial charge on any atom is 0.323 e. The van der Waals surface area contributed by atoms with E-state index in [0.29, 0.717) is 18.9 Å². The Bertz CT molecular complexity index is 1180. The van der Waals surface area contributed by atoms with Crippen LogP contribution < -0.4 is 5.32 Å². The van der Waals surface area contributed by atoms with E-state index in [2.05, 4.69) is 35.0 Å². The third-order valence-corrected chi connectivity index (χ3v) is 5.48. The number of hydrogen-bond donors (Lipinski definition) is 1. The van der Waals surface area contributed by atoms with Gasteiger partial charge < -0.3 is 9.47 Å². The van der Waals surface area contributed by atoms with Gasteiger partial charge in [0, 0.05) is 43.3 Å². The van der Waals surface area contributed by atoms with Crippen molar-refractivity contribution in [3.05, 3.63) is 47.8 Å². The van der Waals surface area contributed by atoms with Crippen molar-refractivity contribution in [3.63, 3.8) is 0 Å². The minimum Gasteiger partial charge on any atom is -0.332 e. The zero-order valence-electron chi connectivity index (χ0n) is 15.0. The number of aromatic nitrogens is 6. The lowest BCUT2D eigenvalue weighted by atomic mass is 10.2. The number of hydrogen-bond acceptors (Lipinski definition) is 7. The molecule has 0 atom stereocenters. The molecule has 0 radical (unpaired) electrons. The summed E-state index contributed by atoms with van der Waals surface area (Å²) in [6, 6.07) is 3.59. The predicted molar refractivity (Wildman–Crippen MR) is 105 cm³/mol. The Kier molecular flexibility index (Phi) is 3.97. The van der Waals surface area contributed by atoms with Gasteiger partial charge in [-0.25, -0.2) is 14.8 Å². The number of imidazole rings is 1. The van der Waals surface area contributed by atoms with Crippen molar-refractivity contribution in [2.24, 2.45) is 0 Å². The van der Waals surface area contributed by atoms with Crippen molar-refractivity contribution in [1.29, 1.82) is 0 Å². The van der Waals surface area contributed by atoms with Crippen molar-refractivity contribution >= 4 is 34.0 Å². The van der Waals surface area contributed by atoms with Crippen LogP contribution in [0.2, 0.25) is 0 Å². The van der Waals surface area contributed by atoms with Gasteiger partial charge in [-0.15, -0.1) is 10.2 Å². The first kappa shape index (κ1) is 16.8. The second kappa shape index (κ2) is 6.64. The number of carbonyl (C=O) groups is 1. The molecule has 0 aromatic carbocycles. The van der Waals surface area contributed by atoms with Gasteiger partial charge in [-0.2, -0.15) is 0 Å². The summed E-state index contributed by atoms with van der Waals surface area (Å²) in [5.41, 5.74) is 0.754. The highest BCUT2D eigenvalue weighted by Gasteiger charge is 2.21. The Labute approximate surface area is 164 Å². The first-order chi connectivity index (χ1) is 13.7. The topological polar surface area (TPSA) is 102 Å². The number of amides is 2. The third kappa shape index (κ3) is 3.07. The van der Waals surface area contributed by atoms with Gasteiger partial charge in [-0.3, -0.25) is 10.3 Å². The van der Waals surface area contributed by atoms with Crippen molar-refractivity contribution < 1.29 is 4.79 Å². The van der Waals surface area contributed by atoms with Crippen LogP contribution in [0.5, 0.6) is 0 Å². The van der Waals surface area contributed by atoms with Crippen molar-refractivity contribution in [3.8, 4) is 10.7 Å². The summed E-state index contributed by atoms with van der Waals surface area (Å²) in [5.74, 6) is 1.38. The van der Waals surface area contributed by atoms with E-state index in [1.165, 1.54) is 11.3 Å². The number of carbonyl (C=O) groups excluding carboxylic acids is 1. The molecule has 4 aromatic heterocycles. The van der Waals surface area contributed by atoms with E-state index in [0.717, 1.165) is 38.9 Å². The van der Waals surface area contributed by atoms with Gasteiger partial charge in [0.1, 0.15) is 22.3 Å². The molecule has 1 aliphatic rings. The van der Waals surface area contributed by atoms with E-state index in [-0.39, 0.29) is 6.03 Å². The highest BCUT2D eigenvalue weighted by Crippen LogP contribution is 2.25. The number of aryl methyl sites for hydroxylation is 1. The fraction of sp³-hybridized carbons (Fsp3) is 0.222. The molecule has 5 heterocycles. The summed E-state index contributed by atoms with van der Waals surface area (Å²) in [4.78, 5) is 27.4. The van der Waals surface area contributed by atoms with Crippen LogP contribution in [0.3, 0.4) is 0 Å². The van der Waals surface area contributed by atoms with Gasteiger partial charge in [0.25, 0.3) is 0 Å². The standard InChI is InChI=1S/C18H16N8OS/c1-11-23-24-17(28-11)14-6-12-7-15(21-9-13(12)8-20-14)22-18(27)26-5-4-25-3-2-19-16(25)10-26/h2-3,6-9H,4-5,10H2,1H3,(H,21,22,27). The Balaban J connectivity index is 1.38. The average molecular weight is 392 g/mol. The van der Waals surface area contributed by atoms with Crippen LogP contribution in [0.15, 0.2) is 36.9 Å². The SMILES string of the molecule is Cc1nnc(-c2cc3cc(NC(=O)N4CCn5ccnc5C4)ncc3cn2)s1. The van der Waals surface area contributed by atoms with Gasteiger partial charge in [0.05, 0.1) is 6.54 Å². The number of nitrogens with zero attached hydrogens (tertiary/aromatic N) is 7. The van der Waals surface area contributed by atoms with E-state index in [9.17, 15) is 4.79 Å². The van der Waals surface area contributed by atoms with E-state index in [1.54, 1.807) is 23.5 Å². The van der Waals surface area contributed by atoms with E-state index >= 15 is 0 Å². The highest BCUT2D eigenvalue weighted by atomic mass is 32.1. The maximum absolute atomic E-state index is 12.6. The molecule has 2 amide bonds. The normalized spacial score (nSPS) is 13.5. The Morgan fingerprint density at radius 2 is 2.00 bits per heavy atom. The van der Waals surface area contributed by atoms with Gasteiger partial charge in [-0.1, -0.05) is 11.3 Å². The molecule has 4 aromatic rings. The first-order valence-corrected chi connectivity index (χ1v) is 9.59. The molecular formula is C18H16N8OS. The van der Waals surface area contributed by atoms with Gasteiger partial charge in [0.2, 0.25) is 0 Å². The fourth-order valence-corrected chi connectivity index (χ4v) is 3.82. The summed E-state index contributed by atoms with van der Waals surface area (Å²) in [7, 11) is 0. The van der Waals surface area contributed by atoms with Crippen LogP contribution >= 0.6 is 11.3 Å². The molecule has 0 saturated heterocycles. The summed E-state index contributed by atoms with van der Waals surface area (Å²) < 4.78 is 2.06. The molecule has 10 heteroatoms. The Hall–Kier alpha value is -3.40. The molecule has 0 unspecified atom stereocenters. The number of anilines is 1. The largest absolute Gasteiger partial charge is 0.332 e. The maximum atomic E-state index is 12.6. The Morgan fingerprint density at radius 1 is 1.11 bits per heavy atom. The zero-order chi connectivity index (χ0) is 19.1. The smallest absolute Gasteiger partial charge is 0.323 e. The Morgan fingerprint density at radius 3 is 2.86 bits per heavy atom. The monoisotopic (exact) mass is 392 g/mol. The summed E-state index contributed by atoms with van der Waals surface area (Å²) in [5, 5.41) is 14.5. The van der Waals surface area contributed by atoms with E-state index in [4.69, 9.17) is 0 Å². The minimum atomic E-state index is -0.185. The zero-order valence-corrected chi connectivity index (χ0v) is 15.8.